The topological polar surface area (TPSA) is 157 Å². The molecule has 0 aliphatic carbocycles. The molecule has 1 rings (SSSR count). The number of rotatable bonds is 11. The maximum Gasteiger partial charge on any atom is 0.408 e. The molecule has 1 aromatic rings. The minimum absolute atomic E-state index is 0.0265. The Morgan fingerprint density at radius 1 is 1.03 bits per heavy atom. The summed E-state index contributed by atoms with van der Waals surface area (Å²) in [4.78, 5) is 48.0. The lowest BCUT2D eigenvalue weighted by molar-refractivity contribution is -0.145. The van der Waals surface area contributed by atoms with Crippen LogP contribution in [-0.2, 0) is 30.5 Å². The zero-order valence-electron chi connectivity index (χ0n) is 17.3. The van der Waals surface area contributed by atoms with Gasteiger partial charge in [-0.3, -0.25) is 14.4 Å². The summed E-state index contributed by atoms with van der Waals surface area (Å²) in [5.74, 6) is -2.91. The lowest BCUT2D eigenvalue weighted by atomic mass is 9.97. The van der Waals surface area contributed by atoms with Gasteiger partial charge in [0.1, 0.15) is 18.7 Å². The normalized spacial score (nSPS) is 14.5. The van der Waals surface area contributed by atoms with Gasteiger partial charge >= 0.3 is 12.1 Å². The molecule has 0 saturated carbocycles. The van der Waals surface area contributed by atoms with Gasteiger partial charge < -0.3 is 30.9 Å². The lowest BCUT2D eigenvalue weighted by Gasteiger charge is -2.26. The molecule has 0 bridgehead atoms. The molecule has 10 nitrogen and oxygen atoms in total. The molecule has 10 heteroatoms. The third-order valence-electron chi connectivity index (χ3n) is 4.22. The van der Waals surface area contributed by atoms with Gasteiger partial charge in [-0.15, -0.1) is 0 Å². The second kappa shape index (κ2) is 12.4. The first-order valence-corrected chi connectivity index (χ1v) is 9.56. The van der Waals surface area contributed by atoms with Crippen molar-refractivity contribution in [2.24, 2.45) is 11.7 Å². The molecular formula is C20H29N3O7. The van der Waals surface area contributed by atoms with Gasteiger partial charge in [0.25, 0.3) is 0 Å². The maximum absolute atomic E-state index is 12.6. The SMILES string of the molecule is CCOC(=O)C[C@H](C)[C@H](NC(=O)[C@@H](NC(=O)OCc1ccccc1)[C@@H](C)O)C(N)=O. The van der Waals surface area contributed by atoms with Crippen LogP contribution >= 0.6 is 0 Å². The van der Waals surface area contributed by atoms with Crippen LogP contribution in [-0.4, -0.2) is 53.8 Å². The Labute approximate surface area is 175 Å². The number of carbonyl (C=O) groups excluding carboxylic acids is 4. The number of nitrogens with two attached hydrogens (primary N) is 1. The van der Waals surface area contributed by atoms with Gasteiger partial charge in [0.15, 0.2) is 0 Å². The summed E-state index contributed by atoms with van der Waals surface area (Å²) in [6.45, 7) is 4.64. The van der Waals surface area contributed by atoms with Crippen molar-refractivity contribution in [3.8, 4) is 0 Å². The molecular weight excluding hydrogens is 394 g/mol. The van der Waals surface area contributed by atoms with Crippen LogP contribution in [0.5, 0.6) is 0 Å². The molecule has 166 valence electrons. The summed E-state index contributed by atoms with van der Waals surface area (Å²) in [6, 6.07) is 6.29. The number of hydrogen-bond acceptors (Lipinski definition) is 7. The Bertz CT molecular complexity index is 724. The number of esters is 1. The molecule has 0 unspecified atom stereocenters. The molecule has 1 aromatic carbocycles. The maximum atomic E-state index is 12.6. The number of benzene rings is 1. The second-order valence-electron chi connectivity index (χ2n) is 6.80. The van der Waals surface area contributed by atoms with Crippen molar-refractivity contribution < 1.29 is 33.8 Å². The zero-order valence-corrected chi connectivity index (χ0v) is 17.3. The smallest absolute Gasteiger partial charge is 0.408 e. The molecule has 0 saturated heterocycles. The summed E-state index contributed by atoms with van der Waals surface area (Å²) in [6.07, 6.45) is -2.36. The molecule has 0 aromatic heterocycles. The highest BCUT2D eigenvalue weighted by molar-refractivity contribution is 5.91. The summed E-state index contributed by atoms with van der Waals surface area (Å²) in [5, 5.41) is 14.5. The van der Waals surface area contributed by atoms with Gasteiger partial charge in [-0.2, -0.15) is 0 Å². The molecule has 0 aliphatic heterocycles. The van der Waals surface area contributed by atoms with E-state index in [1.807, 2.05) is 6.07 Å². The van der Waals surface area contributed by atoms with E-state index in [-0.39, 0.29) is 19.6 Å². The molecule has 0 aliphatic rings. The molecule has 0 radical (unpaired) electrons. The summed E-state index contributed by atoms with van der Waals surface area (Å²) < 4.78 is 9.88. The minimum Gasteiger partial charge on any atom is -0.466 e. The number of carbonyl (C=O) groups is 4. The summed E-state index contributed by atoms with van der Waals surface area (Å²) in [5.41, 5.74) is 6.09. The fourth-order valence-electron chi connectivity index (χ4n) is 2.63. The van der Waals surface area contributed by atoms with Crippen LogP contribution in [0.1, 0.15) is 32.8 Å². The van der Waals surface area contributed by atoms with Crippen molar-refractivity contribution >= 4 is 23.9 Å². The Morgan fingerprint density at radius 3 is 2.20 bits per heavy atom. The number of ether oxygens (including phenoxy) is 2. The third kappa shape index (κ3) is 8.48. The molecule has 5 N–H and O–H groups in total. The fraction of sp³-hybridized carbons (Fsp3) is 0.500. The van der Waals surface area contributed by atoms with Crippen LogP contribution < -0.4 is 16.4 Å². The van der Waals surface area contributed by atoms with Gasteiger partial charge in [0.05, 0.1) is 19.1 Å². The standard InChI is InChI=1S/C20H29N3O7/c1-4-29-15(25)10-12(2)16(18(21)26)22-19(27)17(13(3)24)23-20(28)30-11-14-8-6-5-7-9-14/h5-9,12-13,16-17,24H,4,10-11H2,1-3H3,(H2,21,26)(H,22,27)(H,23,28)/t12-,13+,16-,17-/m0/s1. The number of amides is 3. The van der Waals surface area contributed by atoms with Crippen LogP contribution in [0.4, 0.5) is 4.79 Å². The highest BCUT2D eigenvalue weighted by Crippen LogP contribution is 2.11. The monoisotopic (exact) mass is 423 g/mol. The van der Waals surface area contributed by atoms with Gasteiger partial charge in [-0.1, -0.05) is 37.3 Å². The Balaban J connectivity index is 2.72. The van der Waals surface area contributed by atoms with Crippen molar-refractivity contribution in [2.75, 3.05) is 6.61 Å². The summed E-state index contributed by atoms with van der Waals surface area (Å²) in [7, 11) is 0. The number of nitrogens with one attached hydrogen (secondary N) is 2. The number of alkyl carbamates (subject to hydrolysis) is 1. The predicted molar refractivity (Wildman–Crippen MR) is 107 cm³/mol. The largest absolute Gasteiger partial charge is 0.466 e. The van der Waals surface area contributed by atoms with Crippen molar-refractivity contribution in [3.63, 3.8) is 0 Å². The van der Waals surface area contributed by atoms with E-state index < -0.39 is 48.0 Å². The Morgan fingerprint density at radius 2 is 1.67 bits per heavy atom. The average Bonchev–Trinajstić information content (AvgIpc) is 2.68. The van der Waals surface area contributed by atoms with Crippen molar-refractivity contribution in [1.82, 2.24) is 10.6 Å². The van der Waals surface area contributed by atoms with Gasteiger partial charge in [-0.25, -0.2) is 4.79 Å². The molecule has 4 atom stereocenters. The van der Waals surface area contributed by atoms with Crippen LogP contribution in [0.3, 0.4) is 0 Å². The molecule has 0 spiro atoms. The van der Waals surface area contributed by atoms with Crippen LogP contribution in [0.2, 0.25) is 0 Å². The fourth-order valence-corrected chi connectivity index (χ4v) is 2.63. The lowest BCUT2D eigenvalue weighted by Crippen LogP contribution is -2.58. The quantitative estimate of drug-likeness (QED) is 0.371. The highest BCUT2D eigenvalue weighted by atomic mass is 16.5. The van der Waals surface area contributed by atoms with Crippen LogP contribution in [0.25, 0.3) is 0 Å². The minimum atomic E-state index is -1.40. The van der Waals surface area contributed by atoms with E-state index >= 15 is 0 Å². The summed E-state index contributed by atoms with van der Waals surface area (Å²) >= 11 is 0. The number of aliphatic hydroxyl groups is 1. The predicted octanol–water partition coefficient (Wildman–Crippen LogP) is 0.222. The van der Waals surface area contributed by atoms with E-state index in [2.05, 4.69) is 10.6 Å². The van der Waals surface area contributed by atoms with E-state index in [9.17, 15) is 24.3 Å². The van der Waals surface area contributed by atoms with E-state index in [4.69, 9.17) is 15.2 Å². The molecule has 30 heavy (non-hydrogen) atoms. The van der Waals surface area contributed by atoms with Crippen molar-refractivity contribution in [1.29, 1.82) is 0 Å². The van der Waals surface area contributed by atoms with E-state index in [0.29, 0.717) is 0 Å². The van der Waals surface area contributed by atoms with Crippen LogP contribution in [0, 0.1) is 5.92 Å². The van der Waals surface area contributed by atoms with Gasteiger partial charge in [0.2, 0.25) is 11.8 Å². The molecule has 0 fully saturated rings. The van der Waals surface area contributed by atoms with E-state index in [1.54, 1.807) is 38.1 Å². The van der Waals surface area contributed by atoms with Crippen LogP contribution in [0.15, 0.2) is 30.3 Å². The van der Waals surface area contributed by atoms with E-state index in [1.165, 1.54) is 6.92 Å². The zero-order chi connectivity index (χ0) is 22.7. The number of aliphatic hydroxyl groups excluding tert-OH is 1. The first-order valence-electron chi connectivity index (χ1n) is 9.56. The first-order chi connectivity index (χ1) is 14.1. The van der Waals surface area contributed by atoms with E-state index in [0.717, 1.165) is 5.56 Å². The number of hydrogen-bond donors (Lipinski definition) is 4. The van der Waals surface area contributed by atoms with Gasteiger partial charge in [-0.05, 0) is 25.3 Å². The van der Waals surface area contributed by atoms with Crippen molar-refractivity contribution in [3.05, 3.63) is 35.9 Å². The Hall–Kier alpha value is -3.14. The van der Waals surface area contributed by atoms with Crippen molar-refractivity contribution in [2.45, 2.75) is 52.0 Å². The second-order valence-corrected chi connectivity index (χ2v) is 6.80. The average molecular weight is 423 g/mol. The highest BCUT2D eigenvalue weighted by Gasteiger charge is 2.32. The third-order valence-corrected chi connectivity index (χ3v) is 4.22. The Kier molecular flexibility index (Phi) is 10.3. The molecule has 3 amide bonds. The number of primary amides is 1. The first kappa shape index (κ1) is 24.9. The molecule has 0 heterocycles. The van der Waals surface area contributed by atoms with Gasteiger partial charge in [0, 0.05) is 0 Å².